The van der Waals surface area contributed by atoms with E-state index in [-0.39, 0.29) is 5.78 Å². The zero-order valence-corrected chi connectivity index (χ0v) is 9.65. The Bertz CT molecular complexity index is 392. The topological polar surface area (TPSA) is 20.3 Å². The van der Waals surface area contributed by atoms with E-state index in [1.807, 2.05) is 31.2 Å². The number of anilines is 1. The van der Waals surface area contributed by atoms with Gasteiger partial charge in [-0.3, -0.25) is 4.79 Å². The Morgan fingerprint density at radius 1 is 1.25 bits per heavy atom. The van der Waals surface area contributed by atoms with E-state index < -0.39 is 0 Å². The minimum atomic E-state index is 0.213. The molecule has 0 amide bonds. The van der Waals surface area contributed by atoms with Gasteiger partial charge in [-0.25, -0.2) is 0 Å². The Kier molecular flexibility index (Phi) is 3.40. The van der Waals surface area contributed by atoms with Gasteiger partial charge in [-0.05, 0) is 30.7 Å². The van der Waals surface area contributed by atoms with Crippen LogP contribution >= 0.6 is 0 Å². The second-order valence-corrected chi connectivity index (χ2v) is 4.03. The van der Waals surface area contributed by atoms with Crippen LogP contribution in [0.1, 0.15) is 30.1 Å². The van der Waals surface area contributed by atoms with Crippen molar-refractivity contribution in [1.82, 2.24) is 0 Å². The van der Waals surface area contributed by atoms with Crippen molar-refractivity contribution in [3.05, 3.63) is 42.0 Å². The summed E-state index contributed by atoms with van der Waals surface area (Å²) in [6.07, 6.45) is 6.08. The van der Waals surface area contributed by atoms with Crippen molar-refractivity contribution in [3.63, 3.8) is 0 Å². The normalized spacial score (nSPS) is 15.2. The maximum Gasteiger partial charge on any atom is 0.162 e. The average molecular weight is 215 g/mol. The van der Waals surface area contributed by atoms with Crippen LogP contribution in [-0.2, 0) is 0 Å². The molecular formula is C14H17NO. The lowest BCUT2D eigenvalue weighted by atomic mass is 10.1. The number of hydrogen-bond donors (Lipinski definition) is 0. The van der Waals surface area contributed by atoms with Crippen molar-refractivity contribution in [2.45, 2.75) is 19.8 Å². The molecule has 0 N–H and O–H groups in total. The fraction of sp³-hybridized carbons (Fsp3) is 0.357. The first-order valence-corrected chi connectivity index (χ1v) is 5.84. The Labute approximate surface area is 96.6 Å². The van der Waals surface area contributed by atoms with Crippen molar-refractivity contribution < 1.29 is 4.79 Å². The largest absolute Gasteiger partial charge is 0.368 e. The van der Waals surface area contributed by atoms with Crippen molar-refractivity contribution in [1.29, 1.82) is 0 Å². The predicted octanol–water partition coefficient (Wildman–Crippen LogP) is 3.05. The summed E-state index contributed by atoms with van der Waals surface area (Å²) in [7, 11) is 0. The van der Waals surface area contributed by atoms with Gasteiger partial charge in [-0.1, -0.05) is 19.1 Å². The maximum absolute atomic E-state index is 11.5. The first-order valence-electron chi connectivity index (χ1n) is 5.84. The summed E-state index contributed by atoms with van der Waals surface area (Å²) in [6, 6.07) is 7.95. The molecule has 0 bridgehead atoms. The highest BCUT2D eigenvalue weighted by Gasteiger charge is 2.08. The lowest BCUT2D eigenvalue weighted by Gasteiger charge is -2.25. The quantitative estimate of drug-likeness (QED) is 0.570. The van der Waals surface area contributed by atoms with E-state index >= 15 is 0 Å². The van der Waals surface area contributed by atoms with Crippen LogP contribution in [0.15, 0.2) is 36.4 Å². The lowest BCUT2D eigenvalue weighted by Crippen LogP contribution is -2.26. The second kappa shape index (κ2) is 4.97. The van der Waals surface area contributed by atoms with E-state index in [4.69, 9.17) is 0 Å². The summed E-state index contributed by atoms with van der Waals surface area (Å²) in [6.45, 7) is 3.93. The molecule has 0 saturated heterocycles. The first-order chi connectivity index (χ1) is 7.81. The number of hydrogen-bond acceptors (Lipinski definition) is 2. The van der Waals surface area contributed by atoms with Crippen LogP contribution in [0.2, 0.25) is 0 Å². The minimum Gasteiger partial charge on any atom is -0.368 e. The van der Waals surface area contributed by atoms with E-state index in [9.17, 15) is 4.79 Å². The van der Waals surface area contributed by atoms with Crippen molar-refractivity contribution >= 4 is 11.5 Å². The number of Topliss-reactive ketones (excluding diaryl/α,β-unsaturated/α-hetero) is 1. The summed E-state index contributed by atoms with van der Waals surface area (Å²) >= 11 is 0. The zero-order valence-electron chi connectivity index (χ0n) is 9.65. The smallest absolute Gasteiger partial charge is 0.162 e. The number of nitrogens with zero attached hydrogens (tertiary/aromatic N) is 1. The third kappa shape index (κ3) is 2.32. The summed E-state index contributed by atoms with van der Waals surface area (Å²) in [5.41, 5.74) is 2.02. The van der Waals surface area contributed by atoms with E-state index in [0.717, 1.165) is 25.1 Å². The van der Waals surface area contributed by atoms with E-state index in [0.29, 0.717) is 6.42 Å². The number of ketones is 1. The van der Waals surface area contributed by atoms with Gasteiger partial charge in [0.15, 0.2) is 5.78 Å². The molecule has 0 radical (unpaired) electrons. The highest BCUT2D eigenvalue weighted by Crippen LogP contribution is 2.18. The number of rotatable bonds is 3. The first kappa shape index (κ1) is 10.9. The molecule has 0 atom stereocenters. The van der Waals surface area contributed by atoms with Crippen LogP contribution < -0.4 is 4.90 Å². The monoisotopic (exact) mass is 215 g/mol. The molecule has 2 heteroatoms. The van der Waals surface area contributed by atoms with Crippen LogP contribution in [0.4, 0.5) is 5.69 Å². The summed E-state index contributed by atoms with van der Waals surface area (Å²) < 4.78 is 0. The van der Waals surface area contributed by atoms with Gasteiger partial charge in [0, 0.05) is 30.8 Å². The maximum atomic E-state index is 11.5. The Morgan fingerprint density at radius 2 is 2.00 bits per heavy atom. The standard InChI is InChI=1S/C14H17NO/c1-2-14(16)12-6-8-13(9-7-12)15-10-4-3-5-11-15/h3-4,6-9H,2,5,10-11H2,1H3. The van der Waals surface area contributed by atoms with Crippen molar-refractivity contribution in [3.8, 4) is 0 Å². The highest BCUT2D eigenvalue weighted by atomic mass is 16.1. The van der Waals surface area contributed by atoms with Gasteiger partial charge in [0.1, 0.15) is 0 Å². The molecular weight excluding hydrogens is 198 g/mol. The molecule has 0 aromatic heterocycles. The average Bonchev–Trinajstić information content (AvgIpc) is 2.39. The lowest BCUT2D eigenvalue weighted by molar-refractivity contribution is 0.0988. The molecule has 84 valence electrons. The van der Waals surface area contributed by atoms with E-state index in [1.165, 1.54) is 5.69 Å². The minimum absolute atomic E-state index is 0.213. The second-order valence-electron chi connectivity index (χ2n) is 4.03. The molecule has 2 rings (SSSR count). The van der Waals surface area contributed by atoms with Gasteiger partial charge in [0.05, 0.1) is 0 Å². The van der Waals surface area contributed by atoms with Gasteiger partial charge < -0.3 is 4.90 Å². The third-order valence-electron chi connectivity index (χ3n) is 2.93. The molecule has 1 aromatic rings. The van der Waals surface area contributed by atoms with Gasteiger partial charge >= 0.3 is 0 Å². The van der Waals surface area contributed by atoms with Crippen LogP contribution in [0, 0.1) is 0 Å². The van der Waals surface area contributed by atoms with Crippen molar-refractivity contribution in [2.24, 2.45) is 0 Å². The molecule has 16 heavy (non-hydrogen) atoms. The molecule has 1 aliphatic rings. The van der Waals surface area contributed by atoms with Gasteiger partial charge in [0.2, 0.25) is 0 Å². The predicted molar refractivity (Wildman–Crippen MR) is 67.0 cm³/mol. The van der Waals surface area contributed by atoms with Crippen molar-refractivity contribution in [2.75, 3.05) is 18.0 Å². The molecule has 0 spiro atoms. The summed E-state index contributed by atoms with van der Waals surface area (Å²) in [4.78, 5) is 13.8. The third-order valence-corrected chi connectivity index (χ3v) is 2.93. The molecule has 0 aliphatic carbocycles. The Balaban J connectivity index is 2.12. The molecule has 1 heterocycles. The fourth-order valence-corrected chi connectivity index (χ4v) is 1.94. The summed E-state index contributed by atoms with van der Waals surface area (Å²) in [5.74, 6) is 0.213. The zero-order chi connectivity index (χ0) is 11.4. The highest BCUT2D eigenvalue weighted by molar-refractivity contribution is 5.96. The molecule has 1 aliphatic heterocycles. The number of carbonyl (C=O) groups excluding carboxylic acids is 1. The fourth-order valence-electron chi connectivity index (χ4n) is 1.94. The van der Waals surface area contributed by atoms with Crippen LogP contribution in [-0.4, -0.2) is 18.9 Å². The summed E-state index contributed by atoms with van der Waals surface area (Å²) in [5, 5.41) is 0. The van der Waals surface area contributed by atoms with Crippen LogP contribution in [0.3, 0.4) is 0 Å². The molecule has 0 unspecified atom stereocenters. The van der Waals surface area contributed by atoms with Crippen LogP contribution in [0.5, 0.6) is 0 Å². The molecule has 0 saturated carbocycles. The van der Waals surface area contributed by atoms with Crippen LogP contribution in [0.25, 0.3) is 0 Å². The number of benzene rings is 1. The molecule has 1 aromatic carbocycles. The molecule has 2 nitrogen and oxygen atoms in total. The Hall–Kier alpha value is -1.57. The Morgan fingerprint density at radius 3 is 2.56 bits per heavy atom. The van der Waals surface area contributed by atoms with Gasteiger partial charge in [-0.2, -0.15) is 0 Å². The van der Waals surface area contributed by atoms with E-state index in [2.05, 4.69) is 17.1 Å². The van der Waals surface area contributed by atoms with Gasteiger partial charge in [0.25, 0.3) is 0 Å². The number of carbonyl (C=O) groups is 1. The molecule has 0 fully saturated rings. The SMILES string of the molecule is CCC(=O)c1ccc(N2CC=CCC2)cc1. The van der Waals surface area contributed by atoms with Gasteiger partial charge in [-0.15, -0.1) is 0 Å². The van der Waals surface area contributed by atoms with E-state index in [1.54, 1.807) is 0 Å².